The van der Waals surface area contributed by atoms with Gasteiger partial charge in [-0.1, -0.05) is 18.2 Å². The maximum Gasteiger partial charge on any atom is 0.269 e. The number of carbonyl (C=O) groups is 2. The number of halogens is 1. The molecule has 0 bridgehead atoms. The third-order valence-corrected chi connectivity index (χ3v) is 7.26. The second-order valence-corrected chi connectivity index (χ2v) is 9.96. The maximum absolute atomic E-state index is 14.2. The number of hydrogen-bond donors (Lipinski definition) is 3. The highest BCUT2D eigenvalue weighted by Crippen LogP contribution is 2.28. The van der Waals surface area contributed by atoms with Crippen LogP contribution in [0.3, 0.4) is 0 Å². The Morgan fingerprint density at radius 2 is 1.87 bits per heavy atom. The number of anilines is 1. The highest BCUT2D eigenvalue weighted by atomic mass is 32.2. The number of aryl methyl sites for hydroxylation is 1. The zero-order valence-corrected chi connectivity index (χ0v) is 18.3. The molecule has 0 heterocycles. The third kappa shape index (κ3) is 5.05. The largest absolute Gasteiger partial charge is 0.408 e. The lowest BCUT2D eigenvalue weighted by Crippen LogP contribution is -2.52. The van der Waals surface area contributed by atoms with Gasteiger partial charge in [-0.3, -0.25) is 14.6 Å². The lowest BCUT2D eigenvalue weighted by Gasteiger charge is -2.28. The van der Waals surface area contributed by atoms with Gasteiger partial charge in [0, 0.05) is 24.1 Å². The van der Waals surface area contributed by atoms with Crippen molar-refractivity contribution < 1.29 is 22.4 Å². The number of benzene rings is 2. The van der Waals surface area contributed by atoms with Gasteiger partial charge in [-0.25, -0.2) is 18.7 Å². The molecule has 0 aliphatic heterocycles. The van der Waals surface area contributed by atoms with Crippen LogP contribution in [0.1, 0.15) is 29.3 Å². The summed E-state index contributed by atoms with van der Waals surface area (Å²) in [6, 6.07) is 9.16. The van der Waals surface area contributed by atoms with Gasteiger partial charge in [0.2, 0.25) is 13.9 Å². The number of hydrazine groups is 1. The number of nitrogens with two attached hydrogens (primary N) is 2. The molecular formula is C20H24BFN4O4S. The summed E-state index contributed by atoms with van der Waals surface area (Å²) in [5.74, 6) is 3.79. The molecule has 8 nitrogen and oxygen atoms in total. The van der Waals surface area contributed by atoms with E-state index in [4.69, 9.17) is 19.6 Å². The Kier molecular flexibility index (Phi) is 7.12. The van der Waals surface area contributed by atoms with Crippen LogP contribution in [0.2, 0.25) is 0 Å². The first-order valence-corrected chi connectivity index (χ1v) is 11.1. The Morgan fingerprint density at radius 3 is 2.39 bits per heavy atom. The second-order valence-electron chi connectivity index (χ2n) is 7.51. The number of hydrogen-bond acceptors (Lipinski definition) is 6. The number of nitrogens with one attached hydrogen (secondary N) is 1. The fraction of sp³-hybridized carbons (Fsp3) is 0.300. The Bertz CT molecular complexity index is 1130. The molecule has 31 heavy (non-hydrogen) atoms. The van der Waals surface area contributed by atoms with Crippen molar-refractivity contribution in [3.8, 4) is 11.1 Å². The summed E-state index contributed by atoms with van der Waals surface area (Å²) in [5.41, 5.74) is 7.71. The molecular weight excluding hydrogens is 422 g/mol. The molecule has 2 aromatic rings. The van der Waals surface area contributed by atoms with E-state index in [1.165, 1.54) is 31.2 Å². The Balaban J connectivity index is 2.23. The molecule has 0 aliphatic rings. The summed E-state index contributed by atoms with van der Waals surface area (Å²) in [7, 11) is 1.23. The monoisotopic (exact) mass is 446 g/mol. The van der Waals surface area contributed by atoms with Crippen LogP contribution < -0.4 is 16.8 Å². The zero-order valence-electron chi connectivity index (χ0n) is 17.5. The van der Waals surface area contributed by atoms with Crippen LogP contribution in [0.4, 0.5) is 10.1 Å². The van der Waals surface area contributed by atoms with Gasteiger partial charge in [0.15, 0.2) is 9.84 Å². The normalized spacial score (nSPS) is 13.3. The minimum atomic E-state index is -3.86. The molecule has 11 heteroatoms. The molecule has 2 radical (unpaired) electrons. The van der Waals surface area contributed by atoms with E-state index in [1.54, 1.807) is 19.1 Å². The summed E-state index contributed by atoms with van der Waals surface area (Å²) >= 11 is 0. The third-order valence-electron chi connectivity index (χ3n) is 5.24. The first-order valence-electron chi connectivity index (χ1n) is 9.25. The summed E-state index contributed by atoms with van der Waals surface area (Å²) in [6.45, 7) is 2.70. The highest BCUT2D eigenvalue weighted by molar-refractivity contribution is 7.92. The molecule has 0 fully saturated rings. The van der Waals surface area contributed by atoms with Crippen LogP contribution >= 0.6 is 0 Å². The SMILES string of the molecule is [B]NC(=O)C(C)(CCN(N)C(=O)c1ccc(-c2ccc(C)cc2F)cc1N)S(C)(=O)=O. The van der Waals surface area contributed by atoms with Gasteiger partial charge < -0.3 is 11.0 Å². The summed E-state index contributed by atoms with van der Waals surface area (Å²) in [6.07, 6.45) is 0.607. The van der Waals surface area contributed by atoms with Gasteiger partial charge in [-0.05, 0) is 49.6 Å². The number of rotatable bonds is 7. The van der Waals surface area contributed by atoms with Gasteiger partial charge in [-0.15, -0.1) is 0 Å². The predicted octanol–water partition coefficient (Wildman–Crippen LogP) is 1.09. The van der Waals surface area contributed by atoms with Gasteiger partial charge in [0.25, 0.3) is 5.91 Å². The molecule has 2 rings (SSSR count). The topological polar surface area (TPSA) is 136 Å². The molecule has 1 unspecified atom stereocenters. The second kappa shape index (κ2) is 9.07. The van der Waals surface area contributed by atoms with E-state index in [2.05, 4.69) is 0 Å². The van der Waals surface area contributed by atoms with Crippen molar-refractivity contribution in [3.05, 3.63) is 53.3 Å². The van der Waals surface area contributed by atoms with Crippen LogP contribution in [-0.2, 0) is 14.6 Å². The average molecular weight is 446 g/mol. The van der Waals surface area contributed by atoms with E-state index < -0.39 is 32.2 Å². The van der Waals surface area contributed by atoms with Crippen LogP contribution in [0.15, 0.2) is 36.4 Å². The first kappa shape index (κ1) is 24.4. The van der Waals surface area contributed by atoms with E-state index in [1.807, 2.05) is 5.23 Å². The standard InChI is InChI=1S/C20H24BFN4O4S/c1-12-4-6-14(16(22)10-12)13-5-7-15(17(23)11-13)18(27)26(24)9-8-20(2,19(28)25-21)31(3,29)30/h4-7,10-11H,8-9,23-24H2,1-3H3,(H,25,28). The van der Waals surface area contributed by atoms with Gasteiger partial charge in [0.1, 0.15) is 10.6 Å². The maximum atomic E-state index is 14.2. The Morgan fingerprint density at radius 1 is 1.23 bits per heavy atom. The molecule has 5 N–H and O–H groups in total. The number of nitrogen functional groups attached to an aromatic ring is 1. The fourth-order valence-electron chi connectivity index (χ4n) is 2.99. The molecule has 1 atom stereocenters. The van der Waals surface area contributed by atoms with Crippen molar-refractivity contribution in [2.45, 2.75) is 25.0 Å². The predicted molar refractivity (Wildman–Crippen MR) is 118 cm³/mol. The molecule has 2 aromatic carbocycles. The molecule has 164 valence electrons. The van der Waals surface area contributed by atoms with Gasteiger partial charge in [-0.2, -0.15) is 0 Å². The van der Waals surface area contributed by atoms with Crippen LogP contribution in [0, 0.1) is 12.7 Å². The molecule has 0 spiro atoms. The van der Waals surface area contributed by atoms with E-state index >= 15 is 0 Å². The smallest absolute Gasteiger partial charge is 0.269 e. The Labute approximate surface area is 182 Å². The minimum Gasteiger partial charge on any atom is -0.408 e. The summed E-state index contributed by atoms with van der Waals surface area (Å²) in [4.78, 5) is 24.7. The average Bonchev–Trinajstić information content (AvgIpc) is 2.69. The zero-order chi connectivity index (χ0) is 23.6. The van der Waals surface area contributed by atoms with Gasteiger partial charge in [0.05, 0.1) is 5.56 Å². The fourth-order valence-corrected chi connectivity index (χ4v) is 3.85. The van der Waals surface area contributed by atoms with E-state index in [0.717, 1.165) is 16.8 Å². The van der Waals surface area contributed by atoms with Crippen molar-refractivity contribution in [3.63, 3.8) is 0 Å². The molecule has 0 saturated heterocycles. The van der Waals surface area contributed by atoms with E-state index in [-0.39, 0.29) is 24.2 Å². The van der Waals surface area contributed by atoms with Crippen LogP contribution in [0.25, 0.3) is 11.1 Å². The summed E-state index contributed by atoms with van der Waals surface area (Å²) in [5, 5.41) is 2.59. The Hall–Kier alpha value is -2.92. The van der Waals surface area contributed by atoms with Crippen LogP contribution in [-0.4, -0.2) is 50.8 Å². The molecule has 0 saturated carbocycles. The highest BCUT2D eigenvalue weighted by Gasteiger charge is 2.42. The number of sulfone groups is 1. The number of amides is 2. The molecule has 0 aromatic heterocycles. The van der Waals surface area contributed by atoms with Gasteiger partial charge >= 0.3 is 0 Å². The van der Waals surface area contributed by atoms with E-state index in [9.17, 15) is 22.4 Å². The number of carbonyl (C=O) groups excluding carboxylic acids is 2. The van der Waals surface area contributed by atoms with Crippen molar-refractivity contribution in [1.29, 1.82) is 0 Å². The lowest BCUT2D eigenvalue weighted by molar-refractivity contribution is -0.121. The van der Waals surface area contributed by atoms with Crippen molar-refractivity contribution in [2.75, 3.05) is 18.5 Å². The van der Waals surface area contributed by atoms with Crippen molar-refractivity contribution in [1.82, 2.24) is 10.2 Å². The minimum absolute atomic E-state index is 0.0584. The summed E-state index contributed by atoms with van der Waals surface area (Å²) < 4.78 is 36.5. The first-order chi connectivity index (χ1) is 14.3. The van der Waals surface area contributed by atoms with Crippen molar-refractivity contribution >= 4 is 35.3 Å². The lowest BCUT2D eigenvalue weighted by atomic mass is 10.00. The molecule has 0 aliphatic carbocycles. The number of nitrogens with zero attached hydrogens (tertiary/aromatic N) is 1. The van der Waals surface area contributed by atoms with Crippen molar-refractivity contribution in [2.24, 2.45) is 5.84 Å². The van der Waals surface area contributed by atoms with Crippen LogP contribution in [0.5, 0.6) is 0 Å². The molecule has 2 amide bonds. The van der Waals surface area contributed by atoms with E-state index in [0.29, 0.717) is 11.1 Å². The quantitative estimate of drug-likeness (QED) is 0.192.